The number of nitrogens with two attached hydrogens (primary N) is 1. The Morgan fingerprint density at radius 3 is 2.67 bits per heavy atom. The average Bonchev–Trinajstić information content (AvgIpc) is 2.88. The van der Waals surface area contributed by atoms with Crippen LogP contribution in [0.5, 0.6) is 5.75 Å². The molecule has 21 heavy (non-hydrogen) atoms. The highest BCUT2D eigenvalue weighted by Gasteiger charge is 2.19. The number of phenols is 1. The van der Waals surface area contributed by atoms with Crippen molar-refractivity contribution >= 4 is 5.91 Å². The molecule has 2 rings (SSSR count). The van der Waals surface area contributed by atoms with Crippen LogP contribution in [-0.2, 0) is 11.2 Å². The van der Waals surface area contributed by atoms with Gasteiger partial charge in [-0.2, -0.15) is 0 Å². The van der Waals surface area contributed by atoms with Crippen molar-refractivity contribution in [3.05, 3.63) is 47.7 Å². The number of rotatable bonds is 5. The van der Waals surface area contributed by atoms with Gasteiger partial charge in [-0.25, -0.2) is 4.98 Å². The summed E-state index contributed by atoms with van der Waals surface area (Å²) in [5, 5.41) is 12.0. The van der Waals surface area contributed by atoms with Gasteiger partial charge in [-0.15, -0.1) is 0 Å². The molecule has 112 valence electrons. The van der Waals surface area contributed by atoms with Gasteiger partial charge in [0.1, 0.15) is 17.6 Å². The lowest BCUT2D eigenvalue weighted by atomic mass is 10.1. The first-order valence-electron chi connectivity index (χ1n) is 6.72. The molecule has 0 aliphatic carbocycles. The molecule has 1 amide bonds. The summed E-state index contributed by atoms with van der Waals surface area (Å²) in [4.78, 5) is 16.1. The number of carbonyl (C=O) groups excluding carboxylic acids is 1. The SMILES string of the molecule is Cc1cnc(C(C)NC(=O)[C@H](N)Cc2ccc(O)cc2)o1. The zero-order valence-electron chi connectivity index (χ0n) is 12.0. The number of aromatic hydroxyl groups is 1. The molecule has 1 heterocycles. The monoisotopic (exact) mass is 289 g/mol. The molecule has 0 aliphatic heterocycles. The van der Waals surface area contributed by atoms with Gasteiger partial charge < -0.3 is 20.6 Å². The van der Waals surface area contributed by atoms with Crippen LogP contribution < -0.4 is 11.1 Å². The van der Waals surface area contributed by atoms with Gasteiger partial charge in [0, 0.05) is 0 Å². The van der Waals surface area contributed by atoms with Crippen molar-refractivity contribution in [2.24, 2.45) is 5.73 Å². The van der Waals surface area contributed by atoms with Gasteiger partial charge in [0.2, 0.25) is 11.8 Å². The Balaban J connectivity index is 1.91. The second kappa shape index (κ2) is 6.41. The third-order valence-corrected chi connectivity index (χ3v) is 3.10. The van der Waals surface area contributed by atoms with Crippen molar-refractivity contribution in [1.29, 1.82) is 0 Å². The lowest BCUT2D eigenvalue weighted by Gasteiger charge is -2.15. The molecular formula is C15H19N3O3. The van der Waals surface area contributed by atoms with Gasteiger partial charge in [-0.05, 0) is 38.0 Å². The van der Waals surface area contributed by atoms with E-state index in [4.69, 9.17) is 10.2 Å². The number of oxazole rings is 1. The van der Waals surface area contributed by atoms with Crippen molar-refractivity contribution in [2.75, 3.05) is 0 Å². The summed E-state index contributed by atoms with van der Waals surface area (Å²) < 4.78 is 5.36. The highest BCUT2D eigenvalue weighted by molar-refractivity contribution is 5.82. The van der Waals surface area contributed by atoms with Crippen LogP contribution in [0.4, 0.5) is 0 Å². The smallest absolute Gasteiger partial charge is 0.237 e. The van der Waals surface area contributed by atoms with Gasteiger partial charge in [0.15, 0.2) is 0 Å². The fraction of sp³-hybridized carbons (Fsp3) is 0.333. The van der Waals surface area contributed by atoms with Crippen molar-refractivity contribution in [2.45, 2.75) is 32.4 Å². The minimum absolute atomic E-state index is 0.185. The van der Waals surface area contributed by atoms with E-state index in [0.717, 1.165) is 5.56 Å². The molecule has 4 N–H and O–H groups in total. The summed E-state index contributed by atoms with van der Waals surface area (Å²) in [7, 11) is 0. The number of nitrogens with one attached hydrogen (secondary N) is 1. The van der Waals surface area contributed by atoms with Crippen molar-refractivity contribution in [3.63, 3.8) is 0 Å². The zero-order valence-corrected chi connectivity index (χ0v) is 12.0. The van der Waals surface area contributed by atoms with Crippen LogP contribution in [0, 0.1) is 6.92 Å². The Morgan fingerprint density at radius 2 is 2.10 bits per heavy atom. The van der Waals surface area contributed by atoms with Crippen LogP contribution in [0.3, 0.4) is 0 Å². The van der Waals surface area contributed by atoms with E-state index in [0.29, 0.717) is 18.1 Å². The van der Waals surface area contributed by atoms with E-state index < -0.39 is 6.04 Å². The quantitative estimate of drug-likeness (QED) is 0.773. The lowest BCUT2D eigenvalue weighted by Crippen LogP contribution is -2.43. The van der Waals surface area contributed by atoms with E-state index in [1.54, 1.807) is 44.3 Å². The summed E-state index contributed by atoms with van der Waals surface area (Å²) in [5.41, 5.74) is 6.78. The molecule has 0 radical (unpaired) electrons. The first-order valence-corrected chi connectivity index (χ1v) is 6.72. The second-order valence-electron chi connectivity index (χ2n) is 5.02. The predicted molar refractivity (Wildman–Crippen MR) is 77.6 cm³/mol. The van der Waals surface area contributed by atoms with E-state index >= 15 is 0 Å². The number of amides is 1. The predicted octanol–water partition coefficient (Wildman–Crippen LogP) is 1.44. The summed E-state index contributed by atoms with van der Waals surface area (Å²) in [6.07, 6.45) is 2.00. The summed E-state index contributed by atoms with van der Waals surface area (Å²) in [6, 6.07) is 5.60. The molecule has 0 aliphatic rings. The highest BCUT2D eigenvalue weighted by Crippen LogP contribution is 2.13. The van der Waals surface area contributed by atoms with Crippen molar-refractivity contribution in [1.82, 2.24) is 10.3 Å². The molecule has 1 aromatic heterocycles. The molecule has 0 saturated carbocycles. The number of carbonyl (C=O) groups is 1. The molecule has 0 fully saturated rings. The minimum Gasteiger partial charge on any atom is -0.508 e. The van der Waals surface area contributed by atoms with E-state index in [1.807, 2.05) is 0 Å². The van der Waals surface area contributed by atoms with Crippen molar-refractivity contribution < 1.29 is 14.3 Å². The standard InChI is InChI=1S/C15H19N3O3/c1-9-8-17-15(21-9)10(2)18-14(20)13(16)7-11-3-5-12(19)6-4-11/h3-6,8,10,13,19H,7,16H2,1-2H3,(H,18,20)/t10?,13-/m1/s1. The molecule has 1 unspecified atom stereocenters. The third-order valence-electron chi connectivity index (χ3n) is 3.10. The Morgan fingerprint density at radius 1 is 1.43 bits per heavy atom. The molecule has 2 atom stereocenters. The largest absolute Gasteiger partial charge is 0.508 e. The number of hydrogen-bond donors (Lipinski definition) is 3. The van der Waals surface area contributed by atoms with Crippen LogP contribution in [0.25, 0.3) is 0 Å². The number of phenolic OH excluding ortho intramolecular Hbond substituents is 1. The van der Waals surface area contributed by atoms with Gasteiger partial charge in [0.25, 0.3) is 0 Å². The Bertz CT molecular complexity index is 607. The first kappa shape index (κ1) is 15.1. The third kappa shape index (κ3) is 4.06. The topological polar surface area (TPSA) is 101 Å². The molecule has 6 heteroatoms. The summed E-state index contributed by atoms with van der Waals surface area (Å²) in [6.45, 7) is 3.58. The van der Waals surface area contributed by atoms with E-state index in [-0.39, 0.29) is 17.7 Å². The fourth-order valence-electron chi connectivity index (χ4n) is 1.93. The van der Waals surface area contributed by atoms with Crippen LogP contribution in [0.1, 0.15) is 30.2 Å². The Labute approximate surface area is 123 Å². The normalized spacial score (nSPS) is 13.7. The molecule has 0 spiro atoms. The van der Waals surface area contributed by atoms with E-state index in [1.165, 1.54) is 0 Å². The van der Waals surface area contributed by atoms with Gasteiger partial charge in [-0.1, -0.05) is 12.1 Å². The molecule has 0 bridgehead atoms. The number of hydrogen-bond acceptors (Lipinski definition) is 5. The van der Waals surface area contributed by atoms with Gasteiger partial charge in [-0.3, -0.25) is 4.79 Å². The molecule has 2 aromatic rings. The second-order valence-corrected chi connectivity index (χ2v) is 5.02. The lowest BCUT2D eigenvalue weighted by molar-refractivity contribution is -0.123. The molecule has 1 aromatic carbocycles. The first-order chi connectivity index (χ1) is 9.95. The maximum Gasteiger partial charge on any atom is 0.237 e. The summed E-state index contributed by atoms with van der Waals surface area (Å²) in [5.74, 6) is 1.06. The minimum atomic E-state index is -0.673. The van der Waals surface area contributed by atoms with Crippen LogP contribution >= 0.6 is 0 Å². The van der Waals surface area contributed by atoms with E-state index in [2.05, 4.69) is 10.3 Å². The molecule has 0 saturated heterocycles. The Hall–Kier alpha value is -2.34. The number of aromatic nitrogens is 1. The van der Waals surface area contributed by atoms with Crippen molar-refractivity contribution in [3.8, 4) is 5.75 Å². The van der Waals surface area contributed by atoms with E-state index in [9.17, 15) is 9.90 Å². The molecule has 6 nitrogen and oxygen atoms in total. The summed E-state index contributed by atoms with van der Waals surface area (Å²) >= 11 is 0. The maximum atomic E-state index is 12.0. The number of nitrogens with zero attached hydrogens (tertiary/aromatic N) is 1. The van der Waals surface area contributed by atoms with Gasteiger partial charge in [0.05, 0.1) is 12.2 Å². The van der Waals surface area contributed by atoms with Crippen LogP contribution in [-0.4, -0.2) is 22.0 Å². The number of benzene rings is 1. The fourth-order valence-corrected chi connectivity index (χ4v) is 1.93. The van der Waals surface area contributed by atoms with Gasteiger partial charge >= 0.3 is 0 Å². The molecular weight excluding hydrogens is 270 g/mol. The maximum absolute atomic E-state index is 12.0. The Kier molecular flexibility index (Phi) is 4.59. The zero-order chi connectivity index (χ0) is 15.4. The van der Waals surface area contributed by atoms with Crippen LogP contribution in [0.15, 0.2) is 34.9 Å². The highest BCUT2D eigenvalue weighted by atomic mass is 16.4. The van der Waals surface area contributed by atoms with Crippen LogP contribution in [0.2, 0.25) is 0 Å². The number of aryl methyl sites for hydroxylation is 1. The average molecular weight is 289 g/mol.